The van der Waals surface area contributed by atoms with E-state index in [4.69, 9.17) is 9.82 Å². The predicted molar refractivity (Wildman–Crippen MR) is 128 cm³/mol. The summed E-state index contributed by atoms with van der Waals surface area (Å²) in [7, 11) is 3.76. The minimum atomic E-state index is -0.250. The first-order chi connectivity index (χ1) is 16.1. The number of rotatable bonds is 10. The second kappa shape index (κ2) is 10.2. The summed E-state index contributed by atoms with van der Waals surface area (Å²) in [5, 5.41) is 14.4. The molecule has 0 saturated carbocycles. The number of imidazole rings is 1. The van der Waals surface area contributed by atoms with E-state index in [1.54, 1.807) is 0 Å². The number of carbonyl (C=O) groups excluding carboxylic acids is 1. The molecule has 9 nitrogen and oxygen atoms in total. The first-order valence-electron chi connectivity index (χ1n) is 11.3. The monoisotopic (exact) mass is 447 g/mol. The molecule has 172 valence electrons. The molecule has 9 heteroatoms. The summed E-state index contributed by atoms with van der Waals surface area (Å²) in [6.07, 6.45) is 5.79. The fourth-order valence-electron chi connectivity index (χ4n) is 3.81. The Morgan fingerprint density at radius 1 is 1.06 bits per heavy atom. The SMILES string of the molecule is CCCCCCCC(=O)On1c(N(C)C)nc2cc(-c3ccccc3-c3nn[nH]n3)ccc21. The Labute approximate surface area is 192 Å². The van der Waals surface area contributed by atoms with Crippen LogP contribution in [-0.2, 0) is 4.79 Å². The van der Waals surface area contributed by atoms with Gasteiger partial charge in [0.15, 0.2) is 0 Å². The number of hydrogen-bond donors (Lipinski definition) is 1. The summed E-state index contributed by atoms with van der Waals surface area (Å²) in [5.74, 6) is 0.839. The maximum Gasteiger partial charge on any atom is 0.333 e. The van der Waals surface area contributed by atoms with Gasteiger partial charge in [0.05, 0.1) is 5.52 Å². The summed E-state index contributed by atoms with van der Waals surface area (Å²) < 4.78 is 1.53. The van der Waals surface area contributed by atoms with Crippen LogP contribution in [0.4, 0.5) is 5.95 Å². The van der Waals surface area contributed by atoms with Crippen LogP contribution in [-0.4, -0.2) is 50.4 Å². The van der Waals surface area contributed by atoms with Crippen LogP contribution in [0.5, 0.6) is 0 Å². The van der Waals surface area contributed by atoms with Crippen molar-refractivity contribution in [3.8, 4) is 22.5 Å². The van der Waals surface area contributed by atoms with Crippen LogP contribution >= 0.6 is 0 Å². The molecular formula is C24H29N7O2. The standard InChI is InChI=1S/C24H29N7O2/c1-4-5-6-7-8-13-22(32)33-31-21-15-14-17(16-20(21)25-24(31)30(2)3)18-11-9-10-12-19(18)23-26-28-29-27-23/h9-12,14-16H,4-8,13H2,1-3H3,(H,26,27,28,29). The molecule has 4 aromatic rings. The van der Waals surface area contributed by atoms with Crippen molar-refractivity contribution in [1.29, 1.82) is 0 Å². The molecule has 0 bridgehead atoms. The van der Waals surface area contributed by atoms with Gasteiger partial charge in [0.1, 0.15) is 5.52 Å². The lowest BCUT2D eigenvalue weighted by Gasteiger charge is -2.14. The molecule has 0 amide bonds. The highest BCUT2D eigenvalue weighted by Gasteiger charge is 2.18. The molecule has 0 spiro atoms. The second-order valence-electron chi connectivity index (χ2n) is 8.21. The predicted octanol–water partition coefficient (Wildman–Crippen LogP) is 4.27. The topological polar surface area (TPSA) is 102 Å². The van der Waals surface area contributed by atoms with Gasteiger partial charge in [-0.3, -0.25) is 0 Å². The van der Waals surface area contributed by atoms with E-state index in [1.165, 1.54) is 17.6 Å². The number of tetrazole rings is 1. The summed E-state index contributed by atoms with van der Waals surface area (Å²) >= 11 is 0. The maximum atomic E-state index is 12.5. The van der Waals surface area contributed by atoms with Crippen molar-refractivity contribution in [1.82, 2.24) is 30.3 Å². The van der Waals surface area contributed by atoms with Crippen molar-refractivity contribution in [2.45, 2.75) is 45.4 Å². The van der Waals surface area contributed by atoms with Crippen LogP contribution in [0.15, 0.2) is 42.5 Å². The van der Waals surface area contributed by atoms with Crippen LogP contribution in [0.2, 0.25) is 0 Å². The van der Waals surface area contributed by atoms with Crippen molar-refractivity contribution in [3.05, 3.63) is 42.5 Å². The number of anilines is 1. The van der Waals surface area contributed by atoms with E-state index in [2.05, 4.69) is 27.5 Å². The van der Waals surface area contributed by atoms with Crippen LogP contribution in [0.25, 0.3) is 33.5 Å². The smallest absolute Gasteiger partial charge is 0.333 e. The molecule has 0 unspecified atom stereocenters. The number of nitrogens with zero attached hydrogens (tertiary/aromatic N) is 6. The number of unbranched alkanes of at least 4 members (excludes halogenated alkanes) is 4. The summed E-state index contributed by atoms with van der Waals surface area (Å²) in [6.45, 7) is 2.18. The van der Waals surface area contributed by atoms with E-state index in [0.717, 1.165) is 47.0 Å². The number of benzene rings is 2. The van der Waals surface area contributed by atoms with E-state index in [-0.39, 0.29) is 5.97 Å². The van der Waals surface area contributed by atoms with Gasteiger partial charge in [-0.1, -0.05) is 62.9 Å². The van der Waals surface area contributed by atoms with Crippen LogP contribution in [0, 0.1) is 0 Å². The average Bonchev–Trinajstić information content (AvgIpc) is 3.47. The number of H-pyrrole nitrogens is 1. The van der Waals surface area contributed by atoms with Crippen molar-refractivity contribution in [3.63, 3.8) is 0 Å². The van der Waals surface area contributed by atoms with E-state index in [9.17, 15) is 4.79 Å². The number of nitrogens with one attached hydrogen (secondary N) is 1. The lowest BCUT2D eigenvalue weighted by molar-refractivity contribution is -0.143. The minimum Gasteiger partial charge on any atom is -0.346 e. The van der Waals surface area contributed by atoms with Gasteiger partial charge < -0.3 is 9.74 Å². The van der Waals surface area contributed by atoms with Gasteiger partial charge in [-0.2, -0.15) is 5.21 Å². The molecule has 0 radical (unpaired) electrons. The number of fused-ring (bicyclic) bond motifs is 1. The third-order valence-corrected chi connectivity index (χ3v) is 5.50. The number of aromatic amines is 1. The van der Waals surface area contributed by atoms with Crippen LogP contribution in [0.3, 0.4) is 0 Å². The molecule has 0 atom stereocenters. The summed E-state index contributed by atoms with van der Waals surface area (Å²) in [5.41, 5.74) is 4.26. The Morgan fingerprint density at radius 2 is 1.85 bits per heavy atom. The molecule has 2 aromatic heterocycles. The summed E-state index contributed by atoms with van der Waals surface area (Å²) in [6, 6.07) is 13.8. The molecule has 33 heavy (non-hydrogen) atoms. The fraction of sp³-hybridized carbons (Fsp3) is 0.375. The maximum absolute atomic E-state index is 12.5. The van der Waals surface area contributed by atoms with Gasteiger partial charge in [0.25, 0.3) is 0 Å². The van der Waals surface area contributed by atoms with Crippen molar-refractivity contribution < 1.29 is 9.63 Å². The molecule has 0 aliphatic carbocycles. The largest absolute Gasteiger partial charge is 0.346 e. The van der Waals surface area contributed by atoms with Gasteiger partial charge >= 0.3 is 5.97 Å². The molecule has 2 aromatic carbocycles. The highest BCUT2D eigenvalue weighted by molar-refractivity contribution is 5.88. The quantitative estimate of drug-likeness (QED) is 0.362. The normalized spacial score (nSPS) is 11.1. The van der Waals surface area contributed by atoms with E-state index in [0.29, 0.717) is 18.2 Å². The van der Waals surface area contributed by atoms with Gasteiger partial charge in [-0.25, -0.2) is 9.78 Å². The molecule has 4 rings (SSSR count). The van der Waals surface area contributed by atoms with Crippen molar-refractivity contribution in [2.24, 2.45) is 0 Å². The Hall–Kier alpha value is -3.75. The lowest BCUT2D eigenvalue weighted by Crippen LogP contribution is -2.24. The molecule has 1 N–H and O–H groups in total. The Balaban J connectivity index is 1.62. The molecule has 0 aliphatic heterocycles. The number of carbonyl (C=O) groups is 1. The molecule has 2 heterocycles. The average molecular weight is 448 g/mol. The lowest BCUT2D eigenvalue weighted by atomic mass is 9.99. The van der Waals surface area contributed by atoms with Crippen molar-refractivity contribution in [2.75, 3.05) is 19.0 Å². The third kappa shape index (κ3) is 5.02. The minimum absolute atomic E-state index is 0.250. The zero-order chi connectivity index (χ0) is 23.2. The molecule has 0 saturated heterocycles. The zero-order valence-corrected chi connectivity index (χ0v) is 19.3. The van der Waals surface area contributed by atoms with Gasteiger partial charge in [0, 0.05) is 26.1 Å². The molecule has 0 fully saturated rings. The Bertz CT molecular complexity index is 1220. The Kier molecular flexibility index (Phi) is 6.97. The molecule has 0 aliphatic rings. The first-order valence-corrected chi connectivity index (χ1v) is 11.3. The Morgan fingerprint density at radius 3 is 2.58 bits per heavy atom. The highest BCUT2D eigenvalue weighted by atomic mass is 16.7. The second-order valence-corrected chi connectivity index (χ2v) is 8.21. The number of hydrogen-bond acceptors (Lipinski definition) is 7. The highest BCUT2D eigenvalue weighted by Crippen LogP contribution is 2.32. The van der Waals surface area contributed by atoms with Gasteiger partial charge in [-0.05, 0) is 34.9 Å². The number of aromatic nitrogens is 6. The van der Waals surface area contributed by atoms with Crippen LogP contribution < -0.4 is 9.74 Å². The van der Waals surface area contributed by atoms with Crippen LogP contribution in [0.1, 0.15) is 45.4 Å². The molecular weight excluding hydrogens is 418 g/mol. The van der Waals surface area contributed by atoms with Gasteiger partial charge in [-0.15, -0.1) is 14.9 Å². The zero-order valence-electron chi connectivity index (χ0n) is 19.3. The first kappa shape index (κ1) is 22.4. The van der Waals surface area contributed by atoms with E-state index < -0.39 is 0 Å². The van der Waals surface area contributed by atoms with Gasteiger partial charge in [0.2, 0.25) is 11.8 Å². The van der Waals surface area contributed by atoms with Crippen molar-refractivity contribution >= 4 is 23.0 Å². The fourth-order valence-corrected chi connectivity index (χ4v) is 3.81. The van der Waals surface area contributed by atoms with E-state index >= 15 is 0 Å². The van der Waals surface area contributed by atoms with E-state index in [1.807, 2.05) is 61.5 Å². The summed E-state index contributed by atoms with van der Waals surface area (Å²) in [4.78, 5) is 24.8. The third-order valence-electron chi connectivity index (χ3n) is 5.50.